The van der Waals surface area contributed by atoms with Crippen LogP contribution in [-0.4, -0.2) is 14.5 Å². The zero-order valence-electron chi connectivity index (χ0n) is 11.7. The third kappa shape index (κ3) is 2.50. The summed E-state index contributed by atoms with van der Waals surface area (Å²) in [5.41, 5.74) is 2.43. The van der Waals surface area contributed by atoms with Crippen LogP contribution in [0.4, 0.5) is 0 Å². The molecule has 0 aromatic carbocycles. The minimum atomic E-state index is 0.833. The zero-order valence-corrected chi connectivity index (χ0v) is 11.7. The van der Waals surface area contributed by atoms with E-state index >= 15 is 0 Å². The fraction of sp³-hybridized carbons (Fsp3) is 0.250. The second-order valence-electron chi connectivity index (χ2n) is 4.90. The number of aryl methyl sites for hydroxylation is 4. The smallest absolute Gasteiger partial charge is 0.176 e. The van der Waals surface area contributed by atoms with E-state index in [9.17, 15) is 0 Å². The van der Waals surface area contributed by atoms with Crippen LogP contribution in [0.25, 0.3) is 11.6 Å². The van der Waals surface area contributed by atoms with Crippen molar-refractivity contribution in [1.29, 1.82) is 0 Å². The maximum atomic E-state index is 5.76. The van der Waals surface area contributed by atoms with E-state index in [1.807, 2.05) is 56.8 Å². The van der Waals surface area contributed by atoms with Crippen LogP contribution >= 0.6 is 0 Å². The Balaban J connectivity index is 1.80. The van der Waals surface area contributed by atoms with Crippen LogP contribution in [0.3, 0.4) is 0 Å². The number of pyridine rings is 1. The molecule has 0 aliphatic carbocycles. The minimum absolute atomic E-state index is 0.833. The molecule has 20 heavy (non-hydrogen) atoms. The van der Waals surface area contributed by atoms with Crippen LogP contribution in [0.5, 0.6) is 0 Å². The predicted octanol–water partition coefficient (Wildman–Crippen LogP) is 3.40. The number of hydrogen-bond donors (Lipinski definition) is 0. The zero-order chi connectivity index (χ0) is 13.9. The van der Waals surface area contributed by atoms with Crippen LogP contribution in [-0.2, 0) is 13.0 Å². The Morgan fingerprint density at radius 2 is 1.95 bits per heavy atom. The first-order valence-electron chi connectivity index (χ1n) is 6.71. The monoisotopic (exact) mass is 267 g/mol. The Kier molecular flexibility index (Phi) is 3.37. The SMILES string of the molecule is Cc1cc(-c2nccn2CCc2ccncc2)oc1C. The van der Waals surface area contributed by atoms with Gasteiger partial charge in [-0.1, -0.05) is 0 Å². The molecule has 0 radical (unpaired) electrons. The van der Waals surface area contributed by atoms with Gasteiger partial charge in [-0.15, -0.1) is 0 Å². The third-order valence-corrected chi connectivity index (χ3v) is 3.49. The molecule has 0 spiro atoms. The molecule has 3 rings (SSSR count). The van der Waals surface area contributed by atoms with Gasteiger partial charge in [-0.05, 0) is 49.6 Å². The second kappa shape index (κ2) is 5.33. The van der Waals surface area contributed by atoms with Crippen molar-refractivity contribution in [3.05, 3.63) is 59.9 Å². The first-order chi connectivity index (χ1) is 9.74. The summed E-state index contributed by atoms with van der Waals surface area (Å²) in [6, 6.07) is 6.12. The number of hydrogen-bond acceptors (Lipinski definition) is 3. The molecule has 0 bridgehead atoms. The lowest BCUT2D eigenvalue weighted by atomic mass is 10.2. The third-order valence-electron chi connectivity index (χ3n) is 3.49. The summed E-state index contributed by atoms with van der Waals surface area (Å²) in [5.74, 6) is 2.67. The molecule has 0 amide bonds. The lowest BCUT2D eigenvalue weighted by Crippen LogP contribution is -2.02. The van der Waals surface area contributed by atoms with Gasteiger partial charge in [-0.2, -0.15) is 0 Å². The van der Waals surface area contributed by atoms with E-state index in [4.69, 9.17) is 4.42 Å². The van der Waals surface area contributed by atoms with Crippen LogP contribution in [0.15, 0.2) is 47.4 Å². The Hall–Kier alpha value is -2.36. The largest absolute Gasteiger partial charge is 0.458 e. The minimum Gasteiger partial charge on any atom is -0.458 e. The van der Waals surface area contributed by atoms with Crippen molar-refractivity contribution in [2.45, 2.75) is 26.8 Å². The van der Waals surface area contributed by atoms with Crippen molar-refractivity contribution in [2.24, 2.45) is 0 Å². The average molecular weight is 267 g/mol. The van der Waals surface area contributed by atoms with Crippen molar-refractivity contribution in [3.8, 4) is 11.6 Å². The molecule has 3 heterocycles. The predicted molar refractivity (Wildman–Crippen MR) is 77.3 cm³/mol. The number of aromatic nitrogens is 3. The number of furan rings is 1. The van der Waals surface area contributed by atoms with Crippen molar-refractivity contribution in [3.63, 3.8) is 0 Å². The Bertz CT molecular complexity index is 678. The molecule has 0 aliphatic heterocycles. The molecule has 0 unspecified atom stereocenters. The molecule has 0 atom stereocenters. The molecule has 0 N–H and O–H groups in total. The van der Waals surface area contributed by atoms with E-state index in [0.29, 0.717) is 0 Å². The molecular formula is C16H17N3O. The van der Waals surface area contributed by atoms with Crippen LogP contribution in [0, 0.1) is 13.8 Å². The fourth-order valence-corrected chi connectivity index (χ4v) is 2.20. The van der Waals surface area contributed by atoms with Crippen molar-refractivity contribution < 1.29 is 4.42 Å². The van der Waals surface area contributed by atoms with Crippen LogP contribution in [0.2, 0.25) is 0 Å². The molecule has 3 aromatic heterocycles. The molecule has 3 aromatic rings. The summed E-state index contributed by atoms with van der Waals surface area (Å²) in [6.45, 7) is 4.90. The van der Waals surface area contributed by atoms with Gasteiger partial charge in [0.2, 0.25) is 0 Å². The van der Waals surface area contributed by atoms with Crippen molar-refractivity contribution >= 4 is 0 Å². The van der Waals surface area contributed by atoms with Crippen molar-refractivity contribution in [2.75, 3.05) is 0 Å². The fourth-order valence-electron chi connectivity index (χ4n) is 2.20. The summed E-state index contributed by atoms with van der Waals surface area (Å²) in [5, 5.41) is 0. The van der Waals surface area contributed by atoms with Gasteiger partial charge in [0.25, 0.3) is 0 Å². The summed E-state index contributed by atoms with van der Waals surface area (Å²) in [4.78, 5) is 8.44. The topological polar surface area (TPSA) is 43.9 Å². The normalized spacial score (nSPS) is 10.9. The lowest BCUT2D eigenvalue weighted by molar-refractivity contribution is 0.535. The van der Waals surface area contributed by atoms with Crippen LogP contribution in [0.1, 0.15) is 16.9 Å². The van der Waals surface area contributed by atoms with Crippen molar-refractivity contribution in [1.82, 2.24) is 14.5 Å². The molecule has 0 saturated heterocycles. The first-order valence-corrected chi connectivity index (χ1v) is 6.71. The molecule has 0 aliphatic rings. The van der Waals surface area contributed by atoms with E-state index in [1.165, 1.54) is 5.56 Å². The summed E-state index contributed by atoms with van der Waals surface area (Å²) in [6.07, 6.45) is 8.40. The van der Waals surface area contributed by atoms with Gasteiger partial charge in [0, 0.05) is 31.3 Å². The van der Waals surface area contributed by atoms with Crippen LogP contribution < -0.4 is 0 Å². The van der Waals surface area contributed by atoms with E-state index < -0.39 is 0 Å². The number of rotatable bonds is 4. The highest BCUT2D eigenvalue weighted by atomic mass is 16.3. The maximum absolute atomic E-state index is 5.76. The highest BCUT2D eigenvalue weighted by Gasteiger charge is 2.11. The lowest BCUT2D eigenvalue weighted by Gasteiger charge is -2.06. The highest BCUT2D eigenvalue weighted by Crippen LogP contribution is 2.23. The number of nitrogens with zero attached hydrogens (tertiary/aromatic N) is 3. The second-order valence-corrected chi connectivity index (χ2v) is 4.90. The first kappa shape index (κ1) is 12.7. The molecule has 102 valence electrons. The molecule has 4 nitrogen and oxygen atoms in total. The molecule has 0 saturated carbocycles. The van der Waals surface area contributed by atoms with Gasteiger partial charge < -0.3 is 8.98 Å². The Morgan fingerprint density at radius 1 is 1.15 bits per heavy atom. The summed E-state index contributed by atoms with van der Waals surface area (Å²) < 4.78 is 7.88. The van der Waals surface area contributed by atoms with Gasteiger partial charge in [0.05, 0.1) is 0 Å². The van der Waals surface area contributed by atoms with E-state index in [-0.39, 0.29) is 0 Å². The average Bonchev–Trinajstić information content (AvgIpc) is 3.05. The molecular weight excluding hydrogens is 250 g/mol. The Labute approximate surface area is 118 Å². The highest BCUT2D eigenvalue weighted by molar-refractivity contribution is 5.50. The molecule has 0 fully saturated rings. The Morgan fingerprint density at radius 3 is 2.65 bits per heavy atom. The van der Waals surface area contributed by atoms with Gasteiger partial charge in [-0.25, -0.2) is 4.98 Å². The number of imidazole rings is 1. The van der Waals surface area contributed by atoms with Gasteiger partial charge in [0.1, 0.15) is 5.76 Å². The standard InChI is InChI=1S/C16H17N3O/c1-12-11-15(20-13(12)2)16-18-8-10-19(16)9-5-14-3-6-17-7-4-14/h3-4,6-8,10-11H,5,9H2,1-2H3. The van der Waals surface area contributed by atoms with Gasteiger partial charge in [-0.3, -0.25) is 4.98 Å². The van der Waals surface area contributed by atoms with E-state index in [1.54, 1.807) is 0 Å². The van der Waals surface area contributed by atoms with E-state index in [0.717, 1.165) is 35.9 Å². The summed E-state index contributed by atoms with van der Waals surface area (Å²) >= 11 is 0. The van der Waals surface area contributed by atoms with E-state index in [2.05, 4.69) is 14.5 Å². The quantitative estimate of drug-likeness (QED) is 0.727. The molecule has 4 heteroatoms. The van der Waals surface area contributed by atoms with Gasteiger partial charge in [0.15, 0.2) is 11.6 Å². The summed E-state index contributed by atoms with van der Waals surface area (Å²) in [7, 11) is 0. The van der Waals surface area contributed by atoms with Gasteiger partial charge >= 0.3 is 0 Å². The maximum Gasteiger partial charge on any atom is 0.176 e.